The summed E-state index contributed by atoms with van der Waals surface area (Å²) >= 11 is 0. The molecule has 3 aliphatic heterocycles. The van der Waals surface area contributed by atoms with E-state index in [-0.39, 0.29) is 29.4 Å². The summed E-state index contributed by atoms with van der Waals surface area (Å²) in [6.45, 7) is 3.24. The third-order valence-corrected chi connectivity index (χ3v) is 5.67. The quantitative estimate of drug-likeness (QED) is 0.827. The van der Waals surface area contributed by atoms with E-state index < -0.39 is 5.82 Å². The lowest BCUT2D eigenvalue weighted by Crippen LogP contribution is -2.47. The molecule has 3 aliphatic rings. The molecule has 2 amide bonds. The summed E-state index contributed by atoms with van der Waals surface area (Å²) in [5, 5.41) is 0. The van der Waals surface area contributed by atoms with Gasteiger partial charge < -0.3 is 14.5 Å². The largest absolute Gasteiger partial charge is 0.376 e. The van der Waals surface area contributed by atoms with E-state index in [1.807, 2.05) is 4.90 Å². The van der Waals surface area contributed by atoms with Crippen LogP contribution in [0, 0.1) is 17.7 Å². The Bertz CT molecular complexity index is 683. The Morgan fingerprint density at radius 2 is 2.28 bits per heavy atom. The monoisotopic (exact) mass is 347 g/mol. The van der Waals surface area contributed by atoms with Crippen LogP contribution in [0.2, 0.25) is 0 Å². The van der Waals surface area contributed by atoms with Gasteiger partial charge in [0.15, 0.2) is 5.82 Å². The van der Waals surface area contributed by atoms with Crippen molar-refractivity contribution in [1.82, 2.24) is 14.8 Å². The van der Waals surface area contributed by atoms with E-state index in [0.29, 0.717) is 38.6 Å². The molecule has 7 heteroatoms. The van der Waals surface area contributed by atoms with Crippen LogP contribution >= 0.6 is 0 Å². The first-order chi connectivity index (χ1) is 12.1. The molecule has 0 unspecified atom stereocenters. The smallest absolute Gasteiger partial charge is 0.256 e. The zero-order chi connectivity index (χ0) is 17.4. The van der Waals surface area contributed by atoms with Crippen molar-refractivity contribution in [3.63, 3.8) is 0 Å². The van der Waals surface area contributed by atoms with Crippen molar-refractivity contribution in [1.29, 1.82) is 0 Å². The highest BCUT2D eigenvalue weighted by molar-refractivity contribution is 5.94. The van der Waals surface area contributed by atoms with E-state index in [4.69, 9.17) is 4.74 Å². The molecule has 1 aromatic heterocycles. The molecule has 0 spiro atoms. The first-order valence-electron chi connectivity index (χ1n) is 8.91. The summed E-state index contributed by atoms with van der Waals surface area (Å²) < 4.78 is 19.8. The van der Waals surface area contributed by atoms with Crippen LogP contribution < -0.4 is 0 Å². The average molecular weight is 347 g/mol. The molecule has 4 heterocycles. The van der Waals surface area contributed by atoms with E-state index in [1.54, 1.807) is 4.90 Å². The number of rotatable bonds is 3. The first-order valence-corrected chi connectivity index (χ1v) is 8.91. The van der Waals surface area contributed by atoms with Gasteiger partial charge in [0.05, 0.1) is 24.5 Å². The molecule has 0 radical (unpaired) electrons. The van der Waals surface area contributed by atoms with Crippen LogP contribution in [0.4, 0.5) is 4.39 Å². The number of piperidine rings is 1. The number of likely N-dealkylation sites (tertiary alicyclic amines) is 2. The van der Waals surface area contributed by atoms with E-state index in [0.717, 1.165) is 25.6 Å². The predicted molar refractivity (Wildman–Crippen MR) is 87.2 cm³/mol. The molecule has 3 fully saturated rings. The molecule has 25 heavy (non-hydrogen) atoms. The summed E-state index contributed by atoms with van der Waals surface area (Å²) in [7, 11) is 0. The fourth-order valence-corrected chi connectivity index (χ4v) is 4.24. The Morgan fingerprint density at radius 3 is 3.04 bits per heavy atom. The second-order valence-electron chi connectivity index (χ2n) is 7.13. The highest BCUT2D eigenvalue weighted by atomic mass is 19.1. The minimum Gasteiger partial charge on any atom is -0.376 e. The van der Waals surface area contributed by atoms with Crippen molar-refractivity contribution in [2.75, 3.05) is 32.8 Å². The fraction of sp³-hybridized carbons (Fsp3) is 0.611. The van der Waals surface area contributed by atoms with Gasteiger partial charge in [-0.2, -0.15) is 0 Å². The number of fused-ring (bicyclic) bond motifs is 1. The maximum atomic E-state index is 13.9. The summed E-state index contributed by atoms with van der Waals surface area (Å²) in [5.41, 5.74) is 0.0682. The number of aromatic nitrogens is 1. The number of ether oxygens (including phenoxy) is 1. The summed E-state index contributed by atoms with van der Waals surface area (Å²) in [6, 6.07) is 1.43. The van der Waals surface area contributed by atoms with Crippen LogP contribution in [-0.2, 0) is 9.53 Å². The van der Waals surface area contributed by atoms with Gasteiger partial charge in [0, 0.05) is 44.7 Å². The van der Waals surface area contributed by atoms with Crippen molar-refractivity contribution < 1.29 is 18.7 Å². The molecular formula is C18H22FN3O3. The Morgan fingerprint density at radius 1 is 1.40 bits per heavy atom. The minimum absolute atomic E-state index is 0.0371. The number of carbonyl (C=O) groups excluding carboxylic acids is 2. The van der Waals surface area contributed by atoms with Crippen molar-refractivity contribution in [3.8, 4) is 0 Å². The fourth-order valence-electron chi connectivity index (χ4n) is 4.24. The SMILES string of the molecule is O=C1CCCN1C[C@@H]1OC[C@H]2CCN(C(=O)c3ccncc3F)C[C@H]21. The van der Waals surface area contributed by atoms with Crippen molar-refractivity contribution in [3.05, 3.63) is 29.8 Å². The van der Waals surface area contributed by atoms with Gasteiger partial charge in [0.25, 0.3) is 5.91 Å². The highest BCUT2D eigenvalue weighted by Gasteiger charge is 2.43. The van der Waals surface area contributed by atoms with Crippen LogP contribution in [-0.4, -0.2) is 65.5 Å². The molecule has 1 aromatic rings. The summed E-state index contributed by atoms with van der Waals surface area (Å²) in [4.78, 5) is 31.8. The van der Waals surface area contributed by atoms with Crippen molar-refractivity contribution in [2.45, 2.75) is 25.4 Å². The van der Waals surface area contributed by atoms with Crippen molar-refractivity contribution in [2.24, 2.45) is 11.8 Å². The molecule has 0 aromatic carbocycles. The van der Waals surface area contributed by atoms with Crippen LogP contribution in [0.3, 0.4) is 0 Å². The second kappa shape index (κ2) is 6.71. The topological polar surface area (TPSA) is 62.7 Å². The molecule has 0 saturated carbocycles. The average Bonchev–Trinajstić information content (AvgIpc) is 3.21. The second-order valence-corrected chi connectivity index (χ2v) is 7.13. The lowest BCUT2D eigenvalue weighted by molar-refractivity contribution is -0.129. The van der Waals surface area contributed by atoms with E-state index in [1.165, 1.54) is 12.3 Å². The minimum atomic E-state index is -0.587. The van der Waals surface area contributed by atoms with Gasteiger partial charge in [0.1, 0.15) is 0 Å². The standard InChI is InChI=1S/C18H22FN3O3/c19-15-8-20-5-3-13(15)18(24)22-7-4-12-11-25-16(14(12)9-22)10-21-6-1-2-17(21)23/h3,5,8,12,14,16H,1-2,4,6-7,9-11H2/t12-,14-,16+/m1/s1. The van der Waals surface area contributed by atoms with Crippen LogP contribution in [0.15, 0.2) is 18.5 Å². The zero-order valence-electron chi connectivity index (χ0n) is 14.1. The van der Waals surface area contributed by atoms with E-state index in [2.05, 4.69) is 4.98 Å². The van der Waals surface area contributed by atoms with Crippen LogP contribution in [0.1, 0.15) is 29.6 Å². The molecule has 0 bridgehead atoms. The Hall–Kier alpha value is -2.02. The van der Waals surface area contributed by atoms with E-state index in [9.17, 15) is 14.0 Å². The molecule has 3 saturated heterocycles. The molecular weight excluding hydrogens is 325 g/mol. The molecule has 0 N–H and O–H groups in total. The van der Waals surface area contributed by atoms with Gasteiger partial charge >= 0.3 is 0 Å². The molecule has 3 atom stereocenters. The third kappa shape index (κ3) is 3.13. The van der Waals surface area contributed by atoms with Crippen LogP contribution in [0.25, 0.3) is 0 Å². The number of hydrogen-bond acceptors (Lipinski definition) is 4. The van der Waals surface area contributed by atoms with Crippen molar-refractivity contribution >= 4 is 11.8 Å². The number of carbonyl (C=O) groups is 2. The molecule has 6 nitrogen and oxygen atoms in total. The van der Waals surface area contributed by atoms with Gasteiger partial charge in [-0.3, -0.25) is 14.6 Å². The number of halogens is 1. The van der Waals surface area contributed by atoms with Gasteiger partial charge in [-0.25, -0.2) is 4.39 Å². The maximum absolute atomic E-state index is 13.9. The normalized spacial score (nSPS) is 29.2. The number of pyridine rings is 1. The Labute approximate surface area is 145 Å². The molecule has 4 rings (SSSR count). The molecule has 134 valence electrons. The lowest BCUT2D eigenvalue weighted by atomic mass is 9.84. The Kier molecular flexibility index (Phi) is 4.41. The molecule has 0 aliphatic carbocycles. The van der Waals surface area contributed by atoms with Gasteiger partial charge in [-0.15, -0.1) is 0 Å². The van der Waals surface area contributed by atoms with E-state index >= 15 is 0 Å². The van der Waals surface area contributed by atoms with Gasteiger partial charge in [-0.05, 0) is 24.8 Å². The zero-order valence-corrected chi connectivity index (χ0v) is 14.1. The summed E-state index contributed by atoms with van der Waals surface area (Å²) in [6.07, 6.45) is 4.85. The summed E-state index contributed by atoms with van der Waals surface area (Å²) in [5.74, 6) is -0.0718. The number of amides is 2. The third-order valence-electron chi connectivity index (χ3n) is 5.67. The highest BCUT2D eigenvalue weighted by Crippen LogP contribution is 2.35. The maximum Gasteiger partial charge on any atom is 0.256 e. The van der Waals surface area contributed by atoms with Gasteiger partial charge in [-0.1, -0.05) is 0 Å². The number of nitrogens with zero attached hydrogens (tertiary/aromatic N) is 3. The van der Waals surface area contributed by atoms with Gasteiger partial charge in [0.2, 0.25) is 5.91 Å². The Balaban J connectivity index is 1.45. The number of hydrogen-bond donors (Lipinski definition) is 0. The van der Waals surface area contributed by atoms with Crippen LogP contribution in [0.5, 0.6) is 0 Å². The predicted octanol–water partition coefficient (Wildman–Crippen LogP) is 1.32. The lowest BCUT2D eigenvalue weighted by Gasteiger charge is -2.36. The first kappa shape index (κ1) is 16.4.